The minimum absolute atomic E-state index is 0.0534. The van der Waals surface area contributed by atoms with Crippen LogP contribution in [0.1, 0.15) is 5.56 Å². The number of amides is 1. The van der Waals surface area contributed by atoms with E-state index < -0.39 is 0 Å². The van der Waals surface area contributed by atoms with Crippen LogP contribution >= 0.6 is 0 Å². The Kier molecular flexibility index (Phi) is 5.11. The number of aromatic nitrogens is 3. The fourth-order valence-corrected chi connectivity index (χ4v) is 4.28. The van der Waals surface area contributed by atoms with Gasteiger partial charge in [-0.25, -0.2) is 15.0 Å². The van der Waals surface area contributed by atoms with E-state index in [2.05, 4.69) is 24.8 Å². The van der Waals surface area contributed by atoms with Crippen molar-refractivity contribution in [3.63, 3.8) is 0 Å². The summed E-state index contributed by atoms with van der Waals surface area (Å²) in [4.78, 5) is 35.0. The van der Waals surface area contributed by atoms with Crippen molar-refractivity contribution < 1.29 is 4.79 Å². The Bertz CT molecular complexity index is 1050. The summed E-state index contributed by atoms with van der Waals surface area (Å²) >= 11 is 0. The monoisotopic (exact) mass is 415 g/mol. The molecule has 2 aliphatic heterocycles. The lowest BCUT2D eigenvalue weighted by Gasteiger charge is -2.37. The summed E-state index contributed by atoms with van der Waals surface area (Å²) in [6.45, 7) is 4.15. The van der Waals surface area contributed by atoms with Crippen LogP contribution in [0, 0.1) is 0 Å². The van der Waals surface area contributed by atoms with E-state index in [0.717, 1.165) is 54.9 Å². The maximum absolute atomic E-state index is 13.0. The third kappa shape index (κ3) is 3.76. The lowest BCUT2D eigenvalue weighted by atomic mass is 10.2. The number of hydrogen-bond donors (Lipinski definition) is 0. The highest BCUT2D eigenvalue weighted by Crippen LogP contribution is 2.32. The van der Waals surface area contributed by atoms with Crippen LogP contribution in [0.4, 0.5) is 23.1 Å². The molecule has 1 saturated heterocycles. The number of hydrogen-bond acceptors (Lipinski definition) is 7. The van der Waals surface area contributed by atoms with Crippen molar-refractivity contribution in [2.24, 2.45) is 0 Å². The van der Waals surface area contributed by atoms with Crippen LogP contribution in [0.15, 0.2) is 61.1 Å². The number of carbonyl (C=O) groups excluding carboxylic acids is 1. The summed E-state index contributed by atoms with van der Waals surface area (Å²) in [5, 5.41) is 0. The Morgan fingerprint density at radius 1 is 0.774 bits per heavy atom. The second-order valence-corrected chi connectivity index (χ2v) is 7.83. The van der Waals surface area contributed by atoms with E-state index in [1.54, 1.807) is 6.33 Å². The summed E-state index contributed by atoms with van der Waals surface area (Å²) in [5.41, 5.74) is 1.88. The summed E-state index contributed by atoms with van der Waals surface area (Å²) in [6.07, 6.45) is 3.44. The highest BCUT2D eigenvalue weighted by Gasteiger charge is 2.30. The molecule has 0 bridgehead atoms. The molecular weight excluding hydrogens is 390 g/mol. The molecule has 31 heavy (non-hydrogen) atoms. The highest BCUT2D eigenvalue weighted by molar-refractivity contribution is 5.97. The van der Waals surface area contributed by atoms with Crippen molar-refractivity contribution in [1.82, 2.24) is 15.0 Å². The Hall–Kier alpha value is -3.68. The van der Waals surface area contributed by atoms with E-state index in [4.69, 9.17) is 0 Å². The molecule has 8 heteroatoms. The first kappa shape index (κ1) is 19.3. The average molecular weight is 416 g/mol. The molecule has 1 amide bonds. The zero-order valence-corrected chi connectivity index (χ0v) is 17.6. The Morgan fingerprint density at radius 2 is 1.48 bits per heavy atom. The van der Waals surface area contributed by atoms with Crippen LogP contribution in [0.5, 0.6) is 0 Å². The van der Waals surface area contributed by atoms with E-state index >= 15 is 0 Å². The van der Waals surface area contributed by atoms with E-state index in [9.17, 15) is 4.79 Å². The molecule has 0 unspecified atom stereocenters. The van der Waals surface area contributed by atoms with Crippen molar-refractivity contribution in [2.45, 2.75) is 6.54 Å². The van der Waals surface area contributed by atoms with Crippen molar-refractivity contribution in [1.29, 1.82) is 0 Å². The van der Waals surface area contributed by atoms with Gasteiger partial charge in [0.1, 0.15) is 23.8 Å². The maximum atomic E-state index is 13.0. The number of benzene rings is 1. The maximum Gasteiger partial charge on any atom is 0.246 e. The van der Waals surface area contributed by atoms with Gasteiger partial charge in [0, 0.05) is 45.1 Å². The zero-order chi connectivity index (χ0) is 21.2. The number of para-hydroxylation sites is 1. The van der Waals surface area contributed by atoms with Crippen molar-refractivity contribution in [3.8, 4) is 0 Å². The van der Waals surface area contributed by atoms with Crippen molar-refractivity contribution >= 4 is 29.0 Å². The molecule has 5 rings (SSSR count). The first-order valence-electron chi connectivity index (χ1n) is 10.5. The Morgan fingerprint density at radius 3 is 2.23 bits per heavy atom. The van der Waals surface area contributed by atoms with Crippen LogP contribution < -0.4 is 19.6 Å². The number of anilines is 4. The van der Waals surface area contributed by atoms with Crippen LogP contribution in [0.3, 0.4) is 0 Å². The van der Waals surface area contributed by atoms with E-state index in [1.165, 1.54) is 0 Å². The highest BCUT2D eigenvalue weighted by atomic mass is 16.2. The number of pyridine rings is 1. The largest absolute Gasteiger partial charge is 0.353 e. The smallest absolute Gasteiger partial charge is 0.246 e. The average Bonchev–Trinajstić information content (AvgIpc) is 2.96. The molecule has 0 N–H and O–H groups in total. The summed E-state index contributed by atoms with van der Waals surface area (Å²) in [6, 6.07) is 15.8. The number of piperazine rings is 1. The molecule has 0 aliphatic carbocycles. The first-order valence-corrected chi connectivity index (χ1v) is 10.5. The minimum Gasteiger partial charge on any atom is -0.353 e. The standard InChI is InChI=1S/C23H25N7O/c1-27-16-21(31)30(18-7-3-2-4-8-18)15-19-22(27)25-17-26-23(19)29-13-11-28(12-14-29)20-9-5-6-10-24-20/h2-10,17H,11-16H2,1H3. The first-order chi connectivity index (χ1) is 15.2. The molecule has 8 nitrogen and oxygen atoms in total. The van der Waals surface area contributed by atoms with Gasteiger partial charge in [-0.1, -0.05) is 24.3 Å². The Labute approximate surface area is 181 Å². The van der Waals surface area contributed by atoms with Crippen LogP contribution in [-0.4, -0.2) is 60.6 Å². The molecule has 0 saturated carbocycles. The van der Waals surface area contributed by atoms with Gasteiger partial charge in [-0.2, -0.15) is 0 Å². The number of carbonyl (C=O) groups is 1. The van der Waals surface area contributed by atoms with E-state index in [-0.39, 0.29) is 12.5 Å². The van der Waals surface area contributed by atoms with E-state index in [0.29, 0.717) is 6.54 Å². The fraction of sp³-hybridized carbons (Fsp3) is 0.304. The van der Waals surface area contributed by atoms with E-state index in [1.807, 2.05) is 71.6 Å². The van der Waals surface area contributed by atoms with Gasteiger partial charge in [0.05, 0.1) is 18.7 Å². The van der Waals surface area contributed by atoms with Gasteiger partial charge in [-0.05, 0) is 24.3 Å². The molecule has 0 radical (unpaired) electrons. The van der Waals surface area contributed by atoms with Crippen LogP contribution in [0.25, 0.3) is 0 Å². The SMILES string of the molecule is CN1CC(=O)N(c2ccccc2)Cc2c1ncnc2N1CCN(c2ccccn2)CC1. The number of fused-ring (bicyclic) bond motifs is 1. The second kappa shape index (κ2) is 8.22. The molecule has 2 aliphatic rings. The molecule has 158 valence electrons. The second-order valence-electron chi connectivity index (χ2n) is 7.83. The summed E-state index contributed by atoms with van der Waals surface area (Å²) in [5.74, 6) is 2.79. The van der Waals surface area contributed by atoms with Crippen molar-refractivity contribution in [3.05, 3.63) is 66.6 Å². The molecule has 4 heterocycles. The molecule has 0 spiro atoms. The fourth-order valence-electron chi connectivity index (χ4n) is 4.28. The summed E-state index contributed by atoms with van der Waals surface area (Å²) in [7, 11) is 1.92. The predicted molar refractivity (Wildman–Crippen MR) is 122 cm³/mol. The van der Waals surface area contributed by atoms with Gasteiger partial charge < -0.3 is 19.6 Å². The zero-order valence-electron chi connectivity index (χ0n) is 17.6. The molecule has 1 fully saturated rings. The molecule has 1 aromatic carbocycles. The molecular formula is C23H25N7O. The summed E-state index contributed by atoms with van der Waals surface area (Å²) < 4.78 is 0. The topological polar surface area (TPSA) is 68.7 Å². The predicted octanol–water partition coefficient (Wildman–Crippen LogP) is 2.18. The normalized spacial score (nSPS) is 16.9. The Balaban J connectivity index is 1.43. The van der Waals surface area contributed by atoms with Gasteiger partial charge >= 0.3 is 0 Å². The van der Waals surface area contributed by atoms with Gasteiger partial charge in [0.2, 0.25) is 5.91 Å². The van der Waals surface area contributed by atoms with Crippen molar-refractivity contribution in [2.75, 3.05) is 59.4 Å². The molecule has 2 aromatic heterocycles. The molecule has 3 aromatic rings. The lowest BCUT2D eigenvalue weighted by Crippen LogP contribution is -2.47. The van der Waals surface area contributed by atoms with Crippen LogP contribution in [-0.2, 0) is 11.3 Å². The van der Waals surface area contributed by atoms with Gasteiger partial charge in [0.15, 0.2) is 0 Å². The van der Waals surface area contributed by atoms with Gasteiger partial charge in [-0.3, -0.25) is 4.79 Å². The molecule has 0 atom stereocenters. The lowest BCUT2D eigenvalue weighted by molar-refractivity contribution is -0.117. The van der Waals surface area contributed by atoms with Gasteiger partial charge in [-0.15, -0.1) is 0 Å². The van der Waals surface area contributed by atoms with Crippen LogP contribution in [0.2, 0.25) is 0 Å². The minimum atomic E-state index is 0.0534. The number of rotatable bonds is 3. The third-order valence-corrected chi connectivity index (χ3v) is 5.87. The number of nitrogens with zero attached hydrogens (tertiary/aromatic N) is 7. The quantitative estimate of drug-likeness (QED) is 0.649. The number of likely N-dealkylation sites (N-methyl/N-ethyl adjacent to an activating group) is 1. The third-order valence-electron chi connectivity index (χ3n) is 5.87. The van der Waals surface area contributed by atoms with Gasteiger partial charge in [0.25, 0.3) is 0 Å².